The maximum Gasteiger partial charge on any atom is 0.335 e. The number of anilines is 1. The van der Waals surface area contributed by atoms with E-state index in [0.29, 0.717) is 11.3 Å². The number of aromatic nitrogens is 2. The molecule has 0 bridgehead atoms. The lowest BCUT2D eigenvalue weighted by molar-refractivity contribution is -0.253. The number of aromatic amines is 1. The van der Waals surface area contributed by atoms with Crippen LogP contribution in [0.4, 0.5) is 5.69 Å². The van der Waals surface area contributed by atoms with Gasteiger partial charge in [0.15, 0.2) is 5.71 Å². The smallest absolute Gasteiger partial charge is 0.335 e. The Kier molecular flexibility index (Phi) is 8.36. The van der Waals surface area contributed by atoms with Crippen LogP contribution in [0.3, 0.4) is 0 Å². The first-order valence-electron chi connectivity index (χ1n) is 12.0. The molecule has 5 N–H and O–H groups in total. The monoisotopic (exact) mass is 560 g/mol. The maximum atomic E-state index is 13.3. The van der Waals surface area contributed by atoms with Crippen molar-refractivity contribution in [3.63, 3.8) is 0 Å². The summed E-state index contributed by atoms with van der Waals surface area (Å²) in [5.74, 6) is -3.02. The van der Waals surface area contributed by atoms with Crippen molar-refractivity contribution in [1.82, 2.24) is 20.4 Å². The Labute approximate surface area is 231 Å². The van der Waals surface area contributed by atoms with E-state index in [9.17, 15) is 24.0 Å². The molecule has 0 saturated heterocycles. The number of carboxylic acid groups (broad SMARTS) is 1. The van der Waals surface area contributed by atoms with Gasteiger partial charge in [0.05, 0.1) is 28.1 Å². The van der Waals surface area contributed by atoms with Crippen LogP contribution in [0.1, 0.15) is 32.0 Å². The fourth-order valence-corrected chi connectivity index (χ4v) is 3.91. The first kappa shape index (κ1) is 28.4. The number of carboxylic acids is 1. The van der Waals surface area contributed by atoms with Gasteiger partial charge in [-0.15, -0.1) is 0 Å². The van der Waals surface area contributed by atoms with Gasteiger partial charge in [0.1, 0.15) is 12.3 Å². The Morgan fingerprint density at radius 1 is 0.976 bits per heavy atom. The molecular formula is C27H24N6O8. The van der Waals surface area contributed by atoms with Crippen molar-refractivity contribution in [3.8, 4) is 5.69 Å². The highest BCUT2D eigenvalue weighted by molar-refractivity contribution is 6.54. The van der Waals surface area contributed by atoms with Gasteiger partial charge in [0.25, 0.3) is 23.3 Å². The number of carbonyl (C=O) groups excluding carboxylic acids is 3. The fraction of sp³-hybridized carbons (Fsp3) is 0.111. The molecule has 0 saturated carbocycles. The minimum atomic E-state index is -1.14. The summed E-state index contributed by atoms with van der Waals surface area (Å²) in [5, 5.41) is 30.4. The highest BCUT2D eigenvalue weighted by atomic mass is 17.1. The van der Waals surface area contributed by atoms with Crippen molar-refractivity contribution in [1.29, 1.82) is 0 Å². The zero-order valence-electron chi connectivity index (χ0n) is 21.7. The largest absolute Gasteiger partial charge is 0.478 e. The summed E-state index contributed by atoms with van der Waals surface area (Å²) in [6, 6.07) is 11.8. The molecule has 1 aliphatic heterocycles. The molecule has 14 heteroatoms. The number of hydrogen-bond donors (Lipinski definition) is 5. The number of nitrogens with one attached hydrogen (secondary N) is 3. The highest BCUT2D eigenvalue weighted by Crippen LogP contribution is 2.24. The summed E-state index contributed by atoms with van der Waals surface area (Å²) in [5.41, 5.74) is 0.371. The Balaban J connectivity index is 1.70. The summed E-state index contributed by atoms with van der Waals surface area (Å²) in [6.45, 7) is -0.0445. The van der Waals surface area contributed by atoms with E-state index in [0.717, 1.165) is 9.69 Å². The molecule has 2 heterocycles. The topological polar surface area (TPSA) is 195 Å². The van der Waals surface area contributed by atoms with Crippen LogP contribution < -0.4 is 21.2 Å². The SMILES string of the molecule is CNC(=O)C1=NN(c2ccc(C(=O)O)cc2)C(=O)/C1=C/C=C/c1c(C(=O)NC)[nH]n(-c2ccc(COO)cc2)c1=O. The Morgan fingerprint density at radius 2 is 1.61 bits per heavy atom. The number of hydrogen-bond acceptors (Lipinski definition) is 8. The molecule has 210 valence electrons. The fourth-order valence-electron chi connectivity index (χ4n) is 3.91. The average molecular weight is 561 g/mol. The molecular weight excluding hydrogens is 536 g/mol. The zero-order chi connectivity index (χ0) is 29.7. The second-order valence-electron chi connectivity index (χ2n) is 8.50. The van der Waals surface area contributed by atoms with E-state index in [1.165, 1.54) is 56.6 Å². The molecule has 0 radical (unpaired) electrons. The second kappa shape index (κ2) is 12.1. The first-order chi connectivity index (χ1) is 19.7. The number of nitrogens with zero attached hydrogens (tertiary/aromatic N) is 3. The number of allylic oxidation sites excluding steroid dienone is 2. The zero-order valence-corrected chi connectivity index (χ0v) is 21.7. The molecule has 4 rings (SSSR count). The van der Waals surface area contributed by atoms with Crippen LogP contribution in [0.5, 0.6) is 0 Å². The van der Waals surface area contributed by atoms with Crippen LogP contribution in [0.25, 0.3) is 11.8 Å². The van der Waals surface area contributed by atoms with Crippen molar-refractivity contribution < 1.29 is 34.4 Å². The molecule has 0 atom stereocenters. The Hall–Kier alpha value is -5.60. The predicted octanol–water partition coefficient (Wildman–Crippen LogP) is 1.30. The van der Waals surface area contributed by atoms with Gasteiger partial charge in [-0.3, -0.25) is 29.5 Å². The molecule has 41 heavy (non-hydrogen) atoms. The van der Waals surface area contributed by atoms with E-state index in [2.05, 4.69) is 25.7 Å². The molecule has 3 aromatic rings. The van der Waals surface area contributed by atoms with Crippen LogP contribution in [-0.2, 0) is 21.1 Å². The molecule has 1 aliphatic rings. The number of hydrazone groups is 1. The average Bonchev–Trinajstić information content (AvgIpc) is 3.49. The van der Waals surface area contributed by atoms with Gasteiger partial charge < -0.3 is 15.7 Å². The van der Waals surface area contributed by atoms with Crippen molar-refractivity contribution in [2.24, 2.45) is 5.10 Å². The van der Waals surface area contributed by atoms with Crippen LogP contribution >= 0.6 is 0 Å². The molecule has 2 aromatic carbocycles. The van der Waals surface area contributed by atoms with Crippen molar-refractivity contribution in [3.05, 3.63) is 99.0 Å². The quantitative estimate of drug-likeness (QED) is 0.147. The standard InChI is InChI=1S/C27H24N6O8/c1-28-23(34)21-19(25(36)32(30-21)17-10-6-15(7-11-17)14-41-40)4-3-5-20-22(24(35)29-2)31-33(26(20)37)18-12-8-16(9-13-18)27(38)39/h3-13,30,40H,14H2,1-2H3,(H,28,34)(H,29,35)(H,38,39)/b4-3+,20-5+. The number of benzene rings is 2. The van der Waals surface area contributed by atoms with E-state index in [1.54, 1.807) is 24.3 Å². The lowest BCUT2D eigenvalue weighted by Crippen LogP contribution is -2.28. The molecule has 0 fully saturated rings. The Bertz CT molecular complexity index is 1660. The van der Waals surface area contributed by atoms with Crippen molar-refractivity contribution in [2.75, 3.05) is 19.1 Å². The van der Waals surface area contributed by atoms with Crippen LogP contribution in [-0.4, -0.2) is 63.6 Å². The molecule has 3 amide bonds. The van der Waals surface area contributed by atoms with Crippen LogP contribution in [0.2, 0.25) is 0 Å². The Morgan fingerprint density at radius 3 is 2.20 bits per heavy atom. The van der Waals surface area contributed by atoms with Crippen LogP contribution in [0.15, 0.2) is 76.2 Å². The van der Waals surface area contributed by atoms with Gasteiger partial charge in [-0.05, 0) is 54.1 Å². The minimum Gasteiger partial charge on any atom is -0.478 e. The van der Waals surface area contributed by atoms with Crippen LogP contribution in [0, 0.1) is 0 Å². The van der Waals surface area contributed by atoms with Gasteiger partial charge in [-0.2, -0.15) is 10.1 Å². The molecule has 14 nitrogen and oxygen atoms in total. The van der Waals surface area contributed by atoms with E-state index >= 15 is 0 Å². The van der Waals surface area contributed by atoms with E-state index in [4.69, 9.17) is 10.4 Å². The minimum absolute atomic E-state index is 0.00815. The number of H-pyrrole nitrogens is 1. The summed E-state index contributed by atoms with van der Waals surface area (Å²) < 4.78 is 1.15. The third-order valence-corrected chi connectivity index (χ3v) is 6.01. The lowest BCUT2D eigenvalue weighted by Gasteiger charge is -2.11. The van der Waals surface area contributed by atoms with Gasteiger partial charge in [-0.25, -0.2) is 14.4 Å². The summed E-state index contributed by atoms with van der Waals surface area (Å²) in [4.78, 5) is 66.7. The van der Waals surface area contributed by atoms with Crippen molar-refractivity contribution >= 4 is 41.2 Å². The molecule has 0 aliphatic carbocycles. The summed E-state index contributed by atoms with van der Waals surface area (Å²) in [7, 11) is 2.77. The van der Waals surface area contributed by atoms with E-state index < -0.39 is 29.3 Å². The number of carbonyl (C=O) groups is 4. The van der Waals surface area contributed by atoms with Crippen molar-refractivity contribution in [2.45, 2.75) is 6.61 Å². The van der Waals surface area contributed by atoms with Gasteiger partial charge >= 0.3 is 5.97 Å². The number of amides is 3. The maximum absolute atomic E-state index is 13.3. The third kappa shape index (κ3) is 5.73. The lowest BCUT2D eigenvalue weighted by atomic mass is 10.1. The molecule has 0 spiro atoms. The number of aromatic carboxylic acids is 1. The van der Waals surface area contributed by atoms with E-state index in [1.807, 2.05) is 0 Å². The first-order valence-corrected chi connectivity index (χ1v) is 12.0. The molecule has 1 aromatic heterocycles. The predicted molar refractivity (Wildman–Crippen MR) is 147 cm³/mol. The number of rotatable bonds is 9. The second-order valence-corrected chi connectivity index (χ2v) is 8.50. The summed E-state index contributed by atoms with van der Waals surface area (Å²) >= 11 is 0. The molecule has 0 unspecified atom stereocenters. The van der Waals surface area contributed by atoms with Gasteiger partial charge in [0, 0.05) is 14.1 Å². The summed E-state index contributed by atoms with van der Waals surface area (Å²) in [6.07, 6.45) is 3.95. The third-order valence-electron chi connectivity index (χ3n) is 6.01. The van der Waals surface area contributed by atoms with E-state index in [-0.39, 0.29) is 40.4 Å². The van der Waals surface area contributed by atoms with Gasteiger partial charge in [-0.1, -0.05) is 18.2 Å². The normalized spacial score (nSPS) is 14.0. The highest BCUT2D eigenvalue weighted by Gasteiger charge is 2.34. The van der Waals surface area contributed by atoms with Gasteiger partial charge in [0.2, 0.25) is 0 Å².